The summed E-state index contributed by atoms with van der Waals surface area (Å²) < 4.78 is 0. The summed E-state index contributed by atoms with van der Waals surface area (Å²) >= 11 is 0. The molecule has 80 valence electrons. The Hall–Kier alpha value is -0.0800. The van der Waals surface area contributed by atoms with Gasteiger partial charge in [-0.1, -0.05) is 6.42 Å². The summed E-state index contributed by atoms with van der Waals surface area (Å²) in [6, 6.07) is 0.918. The van der Waals surface area contributed by atoms with Crippen LogP contribution in [-0.4, -0.2) is 37.1 Å². The maximum absolute atomic E-state index is 3.46. The molecular formula is C12H22N2. The normalized spacial score (nSPS) is 40.3. The van der Waals surface area contributed by atoms with Crippen molar-refractivity contribution in [3.8, 4) is 0 Å². The molecule has 3 fully saturated rings. The van der Waals surface area contributed by atoms with Gasteiger partial charge < -0.3 is 5.32 Å². The molecule has 1 aliphatic carbocycles. The summed E-state index contributed by atoms with van der Waals surface area (Å²) in [7, 11) is 0. The fourth-order valence-corrected chi connectivity index (χ4v) is 3.74. The number of fused-ring (bicyclic) bond motifs is 1. The summed E-state index contributed by atoms with van der Waals surface area (Å²) in [6.07, 6.45) is 7.33. The first-order chi connectivity index (χ1) is 6.93. The Labute approximate surface area is 87.0 Å². The lowest BCUT2D eigenvalue weighted by Gasteiger charge is -2.32. The van der Waals surface area contributed by atoms with E-state index in [0.717, 1.165) is 17.9 Å². The second-order valence-electron chi connectivity index (χ2n) is 5.39. The summed E-state index contributed by atoms with van der Waals surface area (Å²) in [5.41, 5.74) is 0. The maximum atomic E-state index is 3.46. The minimum absolute atomic E-state index is 0.918. The number of likely N-dealkylation sites (tertiary alicyclic amines) is 1. The number of nitrogens with zero attached hydrogens (tertiary/aromatic N) is 1. The van der Waals surface area contributed by atoms with Gasteiger partial charge >= 0.3 is 0 Å². The third-order valence-electron chi connectivity index (χ3n) is 4.58. The zero-order valence-corrected chi connectivity index (χ0v) is 9.04. The van der Waals surface area contributed by atoms with Gasteiger partial charge in [0.1, 0.15) is 0 Å². The number of rotatable bonds is 1. The second-order valence-corrected chi connectivity index (χ2v) is 5.39. The second kappa shape index (κ2) is 3.82. The lowest BCUT2D eigenvalue weighted by molar-refractivity contribution is 0.185. The van der Waals surface area contributed by atoms with Crippen LogP contribution in [0.5, 0.6) is 0 Å². The number of piperidine rings is 1. The lowest BCUT2D eigenvalue weighted by Crippen LogP contribution is -2.42. The highest BCUT2D eigenvalue weighted by molar-refractivity contribution is 4.92. The van der Waals surface area contributed by atoms with Gasteiger partial charge in [0.25, 0.3) is 0 Å². The SMILES string of the molecule is C1CC2CN(C3CCNCC3)CC2C1. The zero-order valence-electron chi connectivity index (χ0n) is 9.04. The monoisotopic (exact) mass is 194 g/mol. The van der Waals surface area contributed by atoms with Gasteiger partial charge in [-0.25, -0.2) is 0 Å². The molecule has 2 nitrogen and oxygen atoms in total. The van der Waals surface area contributed by atoms with E-state index in [4.69, 9.17) is 0 Å². The predicted molar refractivity (Wildman–Crippen MR) is 58.3 cm³/mol. The zero-order chi connectivity index (χ0) is 9.38. The minimum atomic E-state index is 0.918. The molecule has 2 saturated heterocycles. The first-order valence-corrected chi connectivity index (χ1v) is 6.38. The minimum Gasteiger partial charge on any atom is -0.317 e. The van der Waals surface area contributed by atoms with Crippen molar-refractivity contribution in [3.63, 3.8) is 0 Å². The Morgan fingerprint density at radius 1 is 0.857 bits per heavy atom. The average molecular weight is 194 g/mol. The summed E-state index contributed by atoms with van der Waals surface area (Å²) in [5.74, 6) is 2.15. The van der Waals surface area contributed by atoms with Crippen LogP contribution in [0.25, 0.3) is 0 Å². The van der Waals surface area contributed by atoms with E-state index in [1.54, 1.807) is 0 Å². The molecule has 0 aromatic carbocycles. The van der Waals surface area contributed by atoms with Gasteiger partial charge in [-0.05, 0) is 50.6 Å². The molecule has 0 aromatic heterocycles. The number of hydrogen-bond acceptors (Lipinski definition) is 2. The maximum Gasteiger partial charge on any atom is 0.0120 e. The Bertz CT molecular complexity index is 186. The molecule has 2 aliphatic heterocycles. The Morgan fingerprint density at radius 2 is 1.50 bits per heavy atom. The van der Waals surface area contributed by atoms with Crippen LogP contribution in [0.3, 0.4) is 0 Å². The highest BCUT2D eigenvalue weighted by atomic mass is 15.2. The number of hydrogen-bond donors (Lipinski definition) is 1. The molecule has 2 heteroatoms. The van der Waals surface area contributed by atoms with Crippen molar-refractivity contribution in [2.24, 2.45) is 11.8 Å². The molecule has 3 rings (SSSR count). The molecule has 2 atom stereocenters. The van der Waals surface area contributed by atoms with E-state index < -0.39 is 0 Å². The van der Waals surface area contributed by atoms with Crippen LogP contribution in [-0.2, 0) is 0 Å². The first kappa shape index (κ1) is 9.17. The highest BCUT2D eigenvalue weighted by Gasteiger charge is 2.38. The van der Waals surface area contributed by atoms with E-state index in [1.807, 2.05) is 0 Å². The van der Waals surface area contributed by atoms with Gasteiger partial charge in [-0.3, -0.25) is 4.90 Å². The molecule has 2 heterocycles. The van der Waals surface area contributed by atoms with E-state index in [1.165, 1.54) is 58.3 Å². The molecule has 1 N–H and O–H groups in total. The Balaban J connectivity index is 1.59. The highest BCUT2D eigenvalue weighted by Crippen LogP contribution is 2.39. The van der Waals surface area contributed by atoms with Crippen LogP contribution in [0.2, 0.25) is 0 Å². The van der Waals surface area contributed by atoms with Crippen molar-refractivity contribution in [2.45, 2.75) is 38.1 Å². The molecule has 0 amide bonds. The number of nitrogens with one attached hydrogen (secondary N) is 1. The average Bonchev–Trinajstić information content (AvgIpc) is 2.78. The predicted octanol–water partition coefficient (Wildman–Crippen LogP) is 1.47. The van der Waals surface area contributed by atoms with E-state index in [2.05, 4.69) is 10.2 Å². The van der Waals surface area contributed by atoms with Crippen molar-refractivity contribution in [2.75, 3.05) is 26.2 Å². The van der Waals surface area contributed by atoms with Gasteiger partial charge in [0.15, 0.2) is 0 Å². The van der Waals surface area contributed by atoms with Crippen LogP contribution < -0.4 is 5.32 Å². The van der Waals surface area contributed by atoms with Crippen LogP contribution in [0.15, 0.2) is 0 Å². The van der Waals surface area contributed by atoms with Crippen molar-refractivity contribution >= 4 is 0 Å². The van der Waals surface area contributed by atoms with Crippen molar-refractivity contribution in [1.29, 1.82) is 0 Å². The van der Waals surface area contributed by atoms with Gasteiger partial charge in [-0.2, -0.15) is 0 Å². The quantitative estimate of drug-likeness (QED) is 0.680. The molecule has 0 spiro atoms. The van der Waals surface area contributed by atoms with Gasteiger partial charge in [-0.15, -0.1) is 0 Å². The summed E-state index contributed by atoms with van der Waals surface area (Å²) in [5, 5.41) is 3.46. The third kappa shape index (κ3) is 1.59. The van der Waals surface area contributed by atoms with Crippen LogP contribution in [0, 0.1) is 11.8 Å². The molecule has 14 heavy (non-hydrogen) atoms. The van der Waals surface area contributed by atoms with E-state index in [-0.39, 0.29) is 0 Å². The molecular weight excluding hydrogens is 172 g/mol. The fraction of sp³-hybridized carbons (Fsp3) is 1.00. The topological polar surface area (TPSA) is 15.3 Å². The largest absolute Gasteiger partial charge is 0.317 e. The van der Waals surface area contributed by atoms with E-state index >= 15 is 0 Å². The van der Waals surface area contributed by atoms with E-state index in [0.29, 0.717) is 0 Å². The lowest BCUT2D eigenvalue weighted by atomic mass is 10.0. The van der Waals surface area contributed by atoms with Crippen molar-refractivity contribution < 1.29 is 0 Å². The van der Waals surface area contributed by atoms with Gasteiger partial charge in [0.2, 0.25) is 0 Å². The molecule has 3 aliphatic rings. The third-order valence-corrected chi connectivity index (χ3v) is 4.58. The van der Waals surface area contributed by atoms with Gasteiger partial charge in [0, 0.05) is 19.1 Å². The summed E-state index contributed by atoms with van der Waals surface area (Å²) in [4.78, 5) is 2.80. The van der Waals surface area contributed by atoms with Crippen molar-refractivity contribution in [3.05, 3.63) is 0 Å². The molecule has 1 saturated carbocycles. The molecule has 0 radical (unpaired) electrons. The Morgan fingerprint density at radius 3 is 2.14 bits per heavy atom. The molecule has 0 aromatic rings. The molecule has 0 bridgehead atoms. The first-order valence-electron chi connectivity index (χ1n) is 6.38. The standard InChI is InChI=1S/C12H22N2/c1-2-10-8-14(9-11(10)3-1)12-4-6-13-7-5-12/h10-13H,1-9H2. The Kier molecular flexibility index (Phi) is 2.50. The van der Waals surface area contributed by atoms with E-state index in [9.17, 15) is 0 Å². The van der Waals surface area contributed by atoms with Crippen LogP contribution in [0.1, 0.15) is 32.1 Å². The van der Waals surface area contributed by atoms with Gasteiger partial charge in [0.05, 0.1) is 0 Å². The van der Waals surface area contributed by atoms with Crippen LogP contribution >= 0.6 is 0 Å². The summed E-state index contributed by atoms with van der Waals surface area (Å²) in [6.45, 7) is 5.34. The molecule has 2 unspecified atom stereocenters. The fourth-order valence-electron chi connectivity index (χ4n) is 3.74. The smallest absolute Gasteiger partial charge is 0.0120 e. The van der Waals surface area contributed by atoms with Crippen LogP contribution in [0.4, 0.5) is 0 Å². The van der Waals surface area contributed by atoms with Crippen molar-refractivity contribution in [1.82, 2.24) is 10.2 Å².